The van der Waals surface area contributed by atoms with Crippen molar-refractivity contribution < 1.29 is 17.5 Å². The molecule has 2 saturated heterocycles. The summed E-state index contributed by atoms with van der Waals surface area (Å²) >= 11 is 7.47. The van der Waals surface area contributed by atoms with E-state index in [2.05, 4.69) is 32.1 Å². The Balaban J connectivity index is 1.24. The molecule has 3 heterocycles. The minimum atomic E-state index is -4.14. The predicted octanol–water partition coefficient (Wildman–Crippen LogP) is 5.03. The highest BCUT2D eigenvalue weighted by Gasteiger charge is 2.41. The van der Waals surface area contributed by atoms with Gasteiger partial charge in [-0.05, 0) is 61.1 Å². The normalized spacial score (nSPS) is 22.2. The fraction of sp³-hybridized carbons (Fsp3) is 0.375. The number of fused-ring (bicyclic) bond motifs is 1. The molecule has 2 unspecified atom stereocenters. The van der Waals surface area contributed by atoms with Crippen LogP contribution in [0.5, 0.6) is 5.75 Å². The lowest BCUT2D eigenvalue weighted by molar-refractivity contribution is 0.295. The Morgan fingerprint density at radius 3 is 2.80 bits per heavy atom. The van der Waals surface area contributed by atoms with Crippen LogP contribution in [0.4, 0.5) is 15.2 Å². The van der Waals surface area contributed by atoms with Gasteiger partial charge in [0, 0.05) is 30.7 Å². The lowest BCUT2D eigenvalue weighted by Crippen LogP contribution is -2.29. The van der Waals surface area contributed by atoms with Crippen LogP contribution in [0, 0.1) is 11.7 Å². The number of thiazole rings is 1. The zero-order valence-corrected chi connectivity index (χ0v) is 21.5. The highest BCUT2D eigenvalue weighted by atomic mass is 35.5. The number of methoxy groups -OCH3 is 1. The Bertz CT molecular complexity index is 1290. The first-order valence-corrected chi connectivity index (χ1v) is 14.1. The smallest absolute Gasteiger partial charge is 0.266 e. The van der Waals surface area contributed by atoms with Crippen LogP contribution in [-0.4, -0.2) is 51.1 Å². The number of sulfonamides is 1. The van der Waals surface area contributed by atoms with Crippen molar-refractivity contribution in [2.75, 3.05) is 36.8 Å². The molecule has 35 heavy (non-hydrogen) atoms. The summed E-state index contributed by atoms with van der Waals surface area (Å²) in [6, 6.07) is 11.0. The molecule has 0 bridgehead atoms. The van der Waals surface area contributed by atoms with Gasteiger partial charge in [0.25, 0.3) is 10.0 Å². The van der Waals surface area contributed by atoms with Gasteiger partial charge in [-0.2, -0.15) is 0 Å². The summed E-state index contributed by atoms with van der Waals surface area (Å²) in [6.45, 7) is 2.70. The van der Waals surface area contributed by atoms with E-state index in [9.17, 15) is 12.8 Å². The molecule has 7 nitrogen and oxygen atoms in total. The number of nitrogens with one attached hydrogen (secondary N) is 2. The topological polar surface area (TPSA) is 83.6 Å². The number of hydrogen-bond acceptors (Lipinski definition) is 7. The fourth-order valence-electron chi connectivity index (χ4n) is 5.12. The minimum Gasteiger partial charge on any atom is -0.497 e. The van der Waals surface area contributed by atoms with Gasteiger partial charge in [0.2, 0.25) is 0 Å². The van der Waals surface area contributed by atoms with Gasteiger partial charge in [0.05, 0.1) is 17.8 Å². The highest BCUT2D eigenvalue weighted by Crippen LogP contribution is 2.41. The van der Waals surface area contributed by atoms with Gasteiger partial charge < -0.3 is 10.1 Å². The molecule has 0 saturated carbocycles. The highest BCUT2D eigenvalue weighted by molar-refractivity contribution is 7.93. The van der Waals surface area contributed by atoms with Crippen molar-refractivity contribution in [3.05, 3.63) is 64.4 Å². The van der Waals surface area contributed by atoms with Gasteiger partial charge in [0.1, 0.15) is 16.5 Å². The number of hydrogen-bond donors (Lipinski definition) is 2. The number of ether oxygens (including phenoxy) is 1. The first-order chi connectivity index (χ1) is 16.8. The lowest BCUT2D eigenvalue weighted by atomic mass is 9.90. The quantitative estimate of drug-likeness (QED) is 0.420. The number of halogens is 2. The monoisotopic (exact) mass is 536 g/mol. The fourth-order valence-corrected chi connectivity index (χ4v) is 7.29. The standard InChI is InChI=1S/C24H26ClFN4O3S2/c1-33-18-4-2-15(3-5-18)17-10-22-16(6-8-30(22)14-17)13-28-21-12-20(26)23(11-19(21)25)35(31,32)29-24-27-7-9-34-24/h2-5,7,9,11-12,16-17,22,28H,6,8,10,13-14H2,1H3,(H,27,29)/t16-,17?,22?/m0/s1. The van der Waals surface area contributed by atoms with Crippen LogP contribution in [-0.2, 0) is 10.0 Å². The maximum absolute atomic E-state index is 14.8. The maximum atomic E-state index is 14.8. The third kappa shape index (κ3) is 5.11. The van der Waals surface area contributed by atoms with Gasteiger partial charge in [-0.15, -0.1) is 11.3 Å². The molecule has 5 rings (SSSR count). The van der Waals surface area contributed by atoms with Crippen molar-refractivity contribution in [1.82, 2.24) is 9.88 Å². The van der Waals surface area contributed by atoms with E-state index in [4.69, 9.17) is 16.3 Å². The zero-order chi connectivity index (χ0) is 24.6. The van der Waals surface area contributed by atoms with Crippen LogP contribution in [0.2, 0.25) is 5.02 Å². The summed E-state index contributed by atoms with van der Waals surface area (Å²) in [7, 11) is -2.47. The largest absolute Gasteiger partial charge is 0.497 e. The van der Waals surface area contributed by atoms with Gasteiger partial charge >= 0.3 is 0 Å². The molecule has 3 atom stereocenters. The van der Waals surface area contributed by atoms with Gasteiger partial charge in [0.15, 0.2) is 5.13 Å². The number of benzene rings is 2. The average molecular weight is 537 g/mol. The van der Waals surface area contributed by atoms with E-state index in [-0.39, 0.29) is 10.2 Å². The SMILES string of the molecule is COc1ccc(C2CC3[C@H](CNc4cc(F)c(S(=O)(=O)Nc5nccs5)cc4Cl)CCN3C2)cc1. The third-order valence-corrected chi connectivity index (χ3v) is 9.37. The van der Waals surface area contributed by atoms with Crippen LogP contribution in [0.1, 0.15) is 24.3 Å². The van der Waals surface area contributed by atoms with Crippen molar-refractivity contribution in [2.24, 2.45) is 5.92 Å². The second-order valence-electron chi connectivity index (χ2n) is 8.90. The summed E-state index contributed by atoms with van der Waals surface area (Å²) in [4.78, 5) is 5.90. The Labute approximate surface area is 213 Å². The molecule has 0 spiro atoms. The second-order valence-corrected chi connectivity index (χ2v) is 11.9. The van der Waals surface area contributed by atoms with Crippen LogP contribution >= 0.6 is 22.9 Å². The molecular weight excluding hydrogens is 511 g/mol. The number of aromatic nitrogens is 1. The lowest BCUT2D eigenvalue weighted by Gasteiger charge is -2.21. The summed E-state index contributed by atoms with van der Waals surface area (Å²) in [5.41, 5.74) is 1.71. The molecule has 2 N–H and O–H groups in total. The van der Waals surface area contributed by atoms with Crippen LogP contribution in [0.15, 0.2) is 52.9 Å². The molecule has 2 aliphatic heterocycles. The number of rotatable bonds is 8. The Hall–Kier alpha value is -2.40. The molecule has 0 amide bonds. The average Bonchev–Trinajstić information content (AvgIpc) is 3.57. The summed E-state index contributed by atoms with van der Waals surface area (Å²) < 4.78 is 47.5. The molecule has 3 aromatic rings. The van der Waals surface area contributed by atoms with E-state index in [1.165, 1.54) is 11.8 Å². The molecule has 2 aromatic carbocycles. The van der Waals surface area contributed by atoms with Crippen molar-refractivity contribution in [2.45, 2.75) is 29.7 Å². The number of anilines is 2. The van der Waals surface area contributed by atoms with E-state index >= 15 is 0 Å². The van der Waals surface area contributed by atoms with E-state index in [0.717, 1.165) is 55.2 Å². The summed E-state index contributed by atoms with van der Waals surface area (Å²) in [6.07, 6.45) is 3.59. The molecular formula is C24H26ClFN4O3S2. The molecule has 2 aliphatic rings. The van der Waals surface area contributed by atoms with Crippen LogP contribution in [0.3, 0.4) is 0 Å². The Morgan fingerprint density at radius 1 is 1.29 bits per heavy atom. The van der Waals surface area contributed by atoms with Gasteiger partial charge in [-0.3, -0.25) is 9.62 Å². The molecule has 0 radical (unpaired) electrons. The van der Waals surface area contributed by atoms with E-state index in [1.807, 2.05) is 12.1 Å². The zero-order valence-electron chi connectivity index (χ0n) is 19.1. The van der Waals surface area contributed by atoms with Crippen molar-refractivity contribution in [1.29, 1.82) is 0 Å². The van der Waals surface area contributed by atoms with Crippen LogP contribution < -0.4 is 14.8 Å². The van der Waals surface area contributed by atoms with E-state index < -0.39 is 20.7 Å². The number of nitrogens with zero attached hydrogens (tertiary/aromatic N) is 2. The summed E-state index contributed by atoms with van der Waals surface area (Å²) in [5.74, 6) is 0.864. The molecule has 2 fully saturated rings. The van der Waals surface area contributed by atoms with Crippen molar-refractivity contribution >= 4 is 43.8 Å². The third-order valence-electron chi connectivity index (χ3n) is 6.89. The Kier molecular flexibility index (Phi) is 6.89. The summed E-state index contributed by atoms with van der Waals surface area (Å²) in [5, 5.41) is 5.21. The molecule has 11 heteroatoms. The second kappa shape index (κ2) is 9.93. The Morgan fingerprint density at radius 2 is 2.09 bits per heavy atom. The maximum Gasteiger partial charge on any atom is 0.266 e. The van der Waals surface area contributed by atoms with E-state index in [0.29, 0.717) is 30.1 Å². The van der Waals surface area contributed by atoms with Crippen molar-refractivity contribution in [3.8, 4) is 5.75 Å². The van der Waals surface area contributed by atoms with Crippen LogP contribution in [0.25, 0.3) is 0 Å². The van der Waals surface area contributed by atoms with E-state index in [1.54, 1.807) is 12.5 Å². The molecule has 1 aromatic heterocycles. The molecule has 0 aliphatic carbocycles. The van der Waals surface area contributed by atoms with Gasteiger partial charge in [-0.25, -0.2) is 17.8 Å². The first-order valence-electron chi connectivity index (χ1n) is 11.4. The molecule has 186 valence electrons. The predicted molar refractivity (Wildman–Crippen MR) is 137 cm³/mol. The minimum absolute atomic E-state index is 0.156. The van der Waals surface area contributed by atoms with Crippen molar-refractivity contribution in [3.63, 3.8) is 0 Å². The van der Waals surface area contributed by atoms with Gasteiger partial charge in [-0.1, -0.05) is 23.7 Å². The first kappa shape index (κ1) is 24.3.